The topological polar surface area (TPSA) is 20.2 Å². The average molecular weight is 290 g/mol. The third-order valence-electron chi connectivity index (χ3n) is 7.81. The maximum Gasteiger partial charge on any atom is 0.0602 e. The smallest absolute Gasteiger partial charge is 0.0602 e. The summed E-state index contributed by atoms with van der Waals surface area (Å²) in [4.78, 5) is 0. The fourth-order valence-electron chi connectivity index (χ4n) is 7.03. The highest BCUT2D eigenvalue weighted by molar-refractivity contribution is 5.01. The van der Waals surface area contributed by atoms with Crippen LogP contribution in [0.4, 0.5) is 0 Å². The second-order valence-electron chi connectivity index (χ2n) is 8.69. The molecule has 0 aromatic heterocycles. The average Bonchev–Trinajstić information content (AvgIpc) is 2.56. The number of hydrogen-bond acceptors (Lipinski definition) is 1. The monoisotopic (exact) mass is 290 g/mol. The van der Waals surface area contributed by atoms with Gasteiger partial charge in [-0.2, -0.15) is 0 Å². The highest BCUT2D eigenvalue weighted by atomic mass is 16.3. The zero-order valence-corrected chi connectivity index (χ0v) is 13.7. The molecule has 1 nitrogen and oxygen atoms in total. The van der Waals surface area contributed by atoms with Crippen LogP contribution < -0.4 is 0 Å². The van der Waals surface area contributed by atoms with Crippen molar-refractivity contribution in [1.82, 2.24) is 0 Å². The second-order valence-corrected chi connectivity index (χ2v) is 8.69. The van der Waals surface area contributed by atoms with Crippen molar-refractivity contribution in [2.24, 2.45) is 35.5 Å². The van der Waals surface area contributed by atoms with Gasteiger partial charge >= 0.3 is 0 Å². The fraction of sp³-hybridized carbons (Fsp3) is 1.00. The minimum Gasteiger partial charge on any atom is -0.393 e. The Bertz CT molecular complexity index is 322. The Hall–Kier alpha value is -0.0400. The molecule has 0 amide bonds. The SMILES string of the molecule is OC1C2CCCCC2C(C2CCCCC2)C2CCCCC12. The van der Waals surface area contributed by atoms with Crippen molar-refractivity contribution < 1.29 is 5.11 Å². The standard InChI is InChI=1S/C20H34O/c21-20-17-12-6-4-10-15(17)19(14-8-2-1-3-9-14)16-11-5-7-13-18(16)20/h14-21H,1-13H2. The normalized spacial score (nSPS) is 48.4. The maximum absolute atomic E-state index is 11.0. The summed E-state index contributed by atoms with van der Waals surface area (Å²) in [6.07, 6.45) is 18.7. The van der Waals surface area contributed by atoms with Crippen LogP contribution in [0.2, 0.25) is 0 Å². The summed E-state index contributed by atoms with van der Waals surface area (Å²) < 4.78 is 0. The van der Waals surface area contributed by atoms with Gasteiger partial charge < -0.3 is 5.11 Å². The third kappa shape index (κ3) is 2.58. The van der Waals surface area contributed by atoms with Crippen LogP contribution in [0.5, 0.6) is 0 Å². The molecule has 4 unspecified atom stereocenters. The summed E-state index contributed by atoms with van der Waals surface area (Å²) in [6.45, 7) is 0. The molecule has 21 heavy (non-hydrogen) atoms. The molecular formula is C20H34O. The van der Waals surface area contributed by atoms with Crippen LogP contribution in [0, 0.1) is 35.5 Å². The zero-order chi connectivity index (χ0) is 14.2. The summed E-state index contributed by atoms with van der Waals surface area (Å²) in [7, 11) is 0. The molecular weight excluding hydrogens is 256 g/mol. The lowest BCUT2D eigenvalue weighted by Gasteiger charge is -2.56. The van der Waals surface area contributed by atoms with Crippen LogP contribution in [-0.2, 0) is 0 Å². The van der Waals surface area contributed by atoms with E-state index in [2.05, 4.69) is 0 Å². The van der Waals surface area contributed by atoms with Crippen LogP contribution >= 0.6 is 0 Å². The van der Waals surface area contributed by atoms with E-state index < -0.39 is 0 Å². The van der Waals surface area contributed by atoms with Gasteiger partial charge in [-0.1, -0.05) is 57.8 Å². The quantitative estimate of drug-likeness (QED) is 0.706. The zero-order valence-electron chi connectivity index (χ0n) is 13.7. The minimum absolute atomic E-state index is 0.0560. The Morgan fingerprint density at radius 2 is 0.905 bits per heavy atom. The Labute approximate surface area is 130 Å². The molecule has 0 aromatic rings. The molecule has 0 radical (unpaired) electrons. The van der Waals surface area contributed by atoms with Crippen molar-refractivity contribution in [3.63, 3.8) is 0 Å². The minimum atomic E-state index is 0.0560. The summed E-state index contributed by atoms with van der Waals surface area (Å²) >= 11 is 0. The van der Waals surface area contributed by atoms with Gasteiger partial charge in [-0.25, -0.2) is 0 Å². The molecule has 4 fully saturated rings. The van der Waals surface area contributed by atoms with Crippen LogP contribution in [0.25, 0.3) is 0 Å². The maximum atomic E-state index is 11.0. The Balaban J connectivity index is 1.62. The molecule has 0 saturated heterocycles. The first kappa shape index (κ1) is 14.5. The van der Waals surface area contributed by atoms with Gasteiger partial charge in [-0.05, 0) is 61.2 Å². The van der Waals surface area contributed by atoms with Crippen LogP contribution in [0.1, 0.15) is 83.5 Å². The van der Waals surface area contributed by atoms with E-state index in [1.807, 2.05) is 0 Å². The molecule has 4 aliphatic carbocycles. The van der Waals surface area contributed by atoms with E-state index in [9.17, 15) is 5.11 Å². The highest BCUT2D eigenvalue weighted by Gasteiger charge is 2.52. The fourth-order valence-corrected chi connectivity index (χ4v) is 7.03. The predicted octanol–water partition coefficient (Wildman–Crippen LogP) is 5.17. The van der Waals surface area contributed by atoms with Crippen molar-refractivity contribution in [1.29, 1.82) is 0 Å². The Morgan fingerprint density at radius 1 is 0.476 bits per heavy atom. The molecule has 0 spiro atoms. The first-order valence-electron chi connectivity index (χ1n) is 10.0. The molecule has 0 aromatic carbocycles. The van der Waals surface area contributed by atoms with Gasteiger partial charge in [0.15, 0.2) is 0 Å². The molecule has 1 heteroatoms. The molecule has 0 heterocycles. The number of hydrogen-bond donors (Lipinski definition) is 1. The van der Waals surface area contributed by atoms with E-state index in [-0.39, 0.29) is 6.10 Å². The summed E-state index contributed by atoms with van der Waals surface area (Å²) in [5, 5.41) is 11.0. The Kier molecular flexibility index (Phi) is 4.31. The molecule has 4 atom stereocenters. The molecule has 4 rings (SSSR count). The van der Waals surface area contributed by atoms with Gasteiger partial charge in [0.2, 0.25) is 0 Å². The van der Waals surface area contributed by atoms with E-state index in [4.69, 9.17) is 0 Å². The molecule has 4 aliphatic rings. The van der Waals surface area contributed by atoms with Crippen molar-refractivity contribution in [3.8, 4) is 0 Å². The predicted molar refractivity (Wildman–Crippen MR) is 87.0 cm³/mol. The van der Waals surface area contributed by atoms with Crippen molar-refractivity contribution in [3.05, 3.63) is 0 Å². The lowest BCUT2D eigenvalue weighted by molar-refractivity contribution is -0.128. The number of fused-ring (bicyclic) bond motifs is 2. The van der Waals surface area contributed by atoms with E-state index in [0.717, 1.165) is 23.7 Å². The molecule has 1 N–H and O–H groups in total. The van der Waals surface area contributed by atoms with E-state index >= 15 is 0 Å². The van der Waals surface area contributed by atoms with Crippen molar-refractivity contribution in [2.45, 2.75) is 89.6 Å². The summed E-state index contributed by atoms with van der Waals surface area (Å²) in [5.74, 6) is 5.12. The van der Waals surface area contributed by atoms with Gasteiger partial charge in [-0.15, -0.1) is 0 Å². The van der Waals surface area contributed by atoms with Gasteiger partial charge in [0.25, 0.3) is 0 Å². The van der Waals surface area contributed by atoms with E-state index in [1.54, 1.807) is 0 Å². The molecule has 0 bridgehead atoms. The second kappa shape index (κ2) is 6.22. The third-order valence-corrected chi connectivity index (χ3v) is 7.81. The van der Waals surface area contributed by atoms with Crippen LogP contribution in [-0.4, -0.2) is 11.2 Å². The van der Waals surface area contributed by atoms with Crippen LogP contribution in [0.15, 0.2) is 0 Å². The summed E-state index contributed by atoms with van der Waals surface area (Å²) in [6, 6.07) is 0. The van der Waals surface area contributed by atoms with E-state index in [1.165, 1.54) is 83.5 Å². The van der Waals surface area contributed by atoms with Gasteiger partial charge in [0.05, 0.1) is 6.10 Å². The number of aliphatic hydroxyl groups is 1. The van der Waals surface area contributed by atoms with E-state index in [0.29, 0.717) is 11.8 Å². The number of aliphatic hydroxyl groups excluding tert-OH is 1. The molecule has 120 valence electrons. The van der Waals surface area contributed by atoms with Gasteiger partial charge in [0, 0.05) is 0 Å². The summed E-state index contributed by atoms with van der Waals surface area (Å²) in [5.41, 5.74) is 0. The lowest BCUT2D eigenvalue weighted by atomic mass is 9.50. The number of rotatable bonds is 1. The highest BCUT2D eigenvalue weighted by Crippen LogP contribution is 2.57. The lowest BCUT2D eigenvalue weighted by Crippen LogP contribution is -2.53. The first-order valence-corrected chi connectivity index (χ1v) is 10.0. The first-order chi connectivity index (χ1) is 10.4. The van der Waals surface area contributed by atoms with Gasteiger partial charge in [-0.3, -0.25) is 0 Å². The Morgan fingerprint density at radius 3 is 1.43 bits per heavy atom. The van der Waals surface area contributed by atoms with Crippen molar-refractivity contribution in [2.75, 3.05) is 0 Å². The van der Waals surface area contributed by atoms with Crippen molar-refractivity contribution >= 4 is 0 Å². The van der Waals surface area contributed by atoms with Crippen LogP contribution in [0.3, 0.4) is 0 Å². The van der Waals surface area contributed by atoms with Gasteiger partial charge in [0.1, 0.15) is 0 Å². The molecule has 0 aliphatic heterocycles. The molecule has 4 saturated carbocycles. The largest absolute Gasteiger partial charge is 0.393 e.